The minimum Gasteiger partial charge on any atom is -0.357 e. The van der Waals surface area contributed by atoms with Crippen LogP contribution < -0.4 is 11.0 Å². The highest BCUT2D eigenvalue weighted by Gasteiger charge is 2.25. The average molecular weight is 571 g/mol. The number of guanidine groups is 1. The molecule has 0 spiro atoms. The first-order valence-corrected chi connectivity index (χ1v) is 12.6. The van der Waals surface area contributed by atoms with E-state index in [1.165, 1.54) is 11.3 Å². The Balaban J connectivity index is 0.00000289. The van der Waals surface area contributed by atoms with E-state index in [2.05, 4.69) is 52.6 Å². The lowest BCUT2D eigenvalue weighted by atomic mass is 10.2. The molecular weight excluding hydrogens is 535 g/mol. The van der Waals surface area contributed by atoms with Gasteiger partial charge in [0.15, 0.2) is 5.96 Å². The van der Waals surface area contributed by atoms with Gasteiger partial charge in [-0.1, -0.05) is 18.2 Å². The fraction of sp³-hybridized carbons (Fsp3) is 0.609. The number of hydrogen-bond acceptors (Lipinski definition) is 4. The lowest BCUT2D eigenvalue weighted by Gasteiger charge is -2.21. The van der Waals surface area contributed by atoms with Gasteiger partial charge in [-0.25, -0.2) is 9.48 Å². The van der Waals surface area contributed by atoms with E-state index < -0.39 is 0 Å². The minimum atomic E-state index is 0. The van der Waals surface area contributed by atoms with Crippen LogP contribution in [0.3, 0.4) is 0 Å². The van der Waals surface area contributed by atoms with Gasteiger partial charge >= 0.3 is 5.69 Å². The van der Waals surface area contributed by atoms with Crippen molar-refractivity contribution in [1.29, 1.82) is 0 Å². The standard InChI is InChI=1S/C23H34N6OS.HI/c1-2-24-22(27-16-12-19(17-27)18-31-20-9-4-3-5-10-20)25-13-8-15-29-23(30)28-14-7-6-11-21(28)26-29;/h3-5,9-10,19H,2,6-8,11-18H2,1H3,(H,24,25);1H. The number of rotatable bonds is 8. The van der Waals surface area contributed by atoms with Crippen LogP contribution in [0.15, 0.2) is 45.0 Å². The first kappa shape index (κ1) is 25.1. The Hall–Kier alpha value is -1.49. The molecule has 1 aromatic carbocycles. The van der Waals surface area contributed by atoms with E-state index >= 15 is 0 Å². The molecule has 0 radical (unpaired) electrons. The van der Waals surface area contributed by atoms with E-state index in [9.17, 15) is 4.79 Å². The molecule has 2 aromatic rings. The number of benzene rings is 1. The molecule has 1 aromatic heterocycles. The average Bonchev–Trinajstić information content (AvgIpc) is 3.40. The second kappa shape index (κ2) is 12.7. The highest BCUT2D eigenvalue weighted by Crippen LogP contribution is 2.25. The summed E-state index contributed by atoms with van der Waals surface area (Å²) in [5, 5.41) is 7.98. The number of nitrogens with zero attached hydrogens (tertiary/aromatic N) is 5. The highest BCUT2D eigenvalue weighted by atomic mass is 127. The van der Waals surface area contributed by atoms with Crippen molar-refractivity contribution in [2.24, 2.45) is 10.9 Å². The van der Waals surface area contributed by atoms with Crippen LogP contribution in [0, 0.1) is 5.92 Å². The van der Waals surface area contributed by atoms with Gasteiger partial charge in [-0.2, -0.15) is 5.10 Å². The maximum atomic E-state index is 12.5. The Morgan fingerprint density at radius 3 is 2.88 bits per heavy atom. The van der Waals surface area contributed by atoms with Gasteiger partial charge in [-0.05, 0) is 50.7 Å². The lowest BCUT2D eigenvalue weighted by Crippen LogP contribution is -2.40. The van der Waals surface area contributed by atoms with Gasteiger partial charge < -0.3 is 10.2 Å². The van der Waals surface area contributed by atoms with E-state index in [1.54, 1.807) is 4.68 Å². The monoisotopic (exact) mass is 570 g/mol. The third-order valence-corrected chi connectivity index (χ3v) is 7.21. The Morgan fingerprint density at radius 1 is 1.25 bits per heavy atom. The van der Waals surface area contributed by atoms with Gasteiger partial charge in [0.1, 0.15) is 5.82 Å². The van der Waals surface area contributed by atoms with Gasteiger partial charge in [0.25, 0.3) is 0 Å². The Labute approximate surface area is 212 Å². The summed E-state index contributed by atoms with van der Waals surface area (Å²) >= 11 is 1.95. The molecule has 0 bridgehead atoms. The molecule has 3 heterocycles. The van der Waals surface area contributed by atoms with Crippen molar-refractivity contribution in [3.63, 3.8) is 0 Å². The first-order valence-electron chi connectivity index (χ1n) is 11.6. The van der Waals surface area contributed by atoms with Gasteiger partial charge in [0.2, 0.25) is 0 Å². The van der Waals surface area contributed by atoms with Gasteiger partial charge in [-0.15, -0.1) is 35.7 Å². The molecule has 1 unspecified atom stereocenters. The molecule has 1 N–H and O–H groups in total. The number of nitrogens with one attached hydrogen (secondary N) is 1. The minimum absolute atomic E-state index is 0. The molecule has 176 valence electrons. The van der Waals surface area contributed by atoms with Crippen LogP contribution in [-0.4, -0.2) is 57.1 Å². The molecule has 0 amide bonds. The molecule has 7 nitrogen and oxygen atoms in total. The molecule has 2 aliphatic heterocycles. The molecule has 32 heavy (non-hydrogen) atoms. The number of aliphatic imine (C=N–C) groups is 1. The van der Waals surface area contributed by atoms with E-state index in [0.29, 0.717) is 19.0 Å². The summed E-state index contributed by atoms with van der Waals surface area (Å²) in [6.07, 6.45) is 5.17. The maximum absolute atomic E-state index is 12.5. The van der Waals surface area contributed by atoms with Crippen molar-refractivity contribution in [3.8, 4) is 0 Å². The predicted molar refractivity (Wildman–Crippen MR) is 142 cm³/mol. The van der Waals surface area contributed by atoms with Gasteiger partial charge in [0, 0.05) is 56.3 Å². The zero-order valence-corrected chi connectivity index (χ0v) is 22.1. The van der Waals surface area contributed by atoms with Crippen molar-refractivity contribution >= 4 is 41.7 Å². The molecule has 0 aliphatic carbocycles. The van der Waals surface area contributed by atoms with Crippen LogP contribution in [-0.2, 0) is 19.5 Å². The quantitative estimate of drug-likeness (QED) is 0.173. The maximum Gasteiger partial charge on any atom is 0.345 e. The van der Waals surface area contributed by atoms with Gasteiger partial charge in [0.05, 0.1) is 0 Å². The molecule has 1 saturated heterocycles. The second-order valence-electron chi connectivity index (χ2n) is 8.34. The Bertz CT molecular complexity index is 928. The number of fused-ring (bicyclic) bond motifs is 1. The van der Waals surface area contributed by atoms with Crippen LogP contribution in [0.25, 0.3) is 0 Å². The van der Waals surface area contributed by atoms with E-state index in [-0.39, 0.29) is 29.7 Å². The zero-order valence-electron chi connectivity index (χ0n) is 18.9. The van der Waals surface area contributed by atoms with Crippen molar-refractivity contribution in [2.75, 3.05) is 31.9 Å². The molecule has 1 fully saturated rings. The summed E-state index contributed by atoms with van der Waals surface area (Å²) in [6, 6.07) is 10.6. The number of aromatic nitrogens is 3. The van der Waals surface area contributed by atoms with Crippen LogP contribution in [0.1, 0.15) is 38.4 Å². The lowest BCUT2D eigenvalue weighted by molar-refractivity contribution is 0.472. The topological polar surface area (TPSA) is 67.5 Å². The summed E-state index contributed by atoms with van der Waals surface area (Å²) in [5.41, 5.74) is 0.0453. The summed E-state index contributed by atoms with van der Waals surface area (Å²) in [7, 11) is 0. The normalized spacial score (nSPS) is 18.3. The first-order chi connectivity index (χ1) is 15.2. The highest BCUT2D eigenvalue weighted by molar-refractivity contribution is 14.0. The van der Waals surface area contributed by atoms with Crippen molar-refractivity contribution < 1.29 is 0 Å². The fourth-order valence-electron chi connectivity index (χ4n) is 4.32. The van der Waals surface area contributed by atoms with Crippen LogP contribution >= 0.6 is 35.7 Å². The Morgan fingerprint density at radius 2 is 2.09 bits per heavy atom. The molecule has 9 heteroatoms. The van der Waals surface area contributed by atoms with E-state index in [1.807, 2.05) is 16.3 Å². The fourth-order valence-corrected chi connectivity index (χ4v) is 5.37. The number of likely N-dealkylation sites (tertiary alicyclic amines) is 1. The van der Waals surface area contributed by atoms with Crippen LogP contribution in [0.4, 0.5) is 0 Å². The summed E-state index contributed by atoms with van der Waals surface area (Å²) < 4.78 is 3.48. The van der Waals surface area contributed by atoms with E-state index in [0.717, 1.165) is 69.4 Å². The smallest absolute Gasteiger partial charge is 0.345 e. The van der Waals surface area contributed by atoms with Crippen LogP contribution in [0.2, 0.25) is 0 Å². The third-order valence-electron chi connectivity index (χ3n) is 5.97. The SMILES string of the molecule is CCNC(=NCCCn1nc2n(c1=O)CCCC2)N1CCC(CSc2ccccc2)C1.I. The van der Waals surface area contributed by atoms with Crippen molar-refractivity contribution in [1.82, 2.24) is 24.6 Å². The number of halogens is 1. The van der Waals surface area contributed by atoms with E-state index in [4.69, 9.17) is 4.99 Å². The van der Waals surface area contributed by atoms with Crippen LogP contribution in [0.5, 0.6) is 0 Å². The van der Waals surface area contributed by atoms with Gasteiger partial charge in [-0.3, -0.25) is 9.56 Å². The molecule has 4 rings (SSSR count). The number of aryl methyl sites for hydroxylation is 2. The predicted octanol–water partition coefficient (Wildman–Crippen LogP) is 3.47. The second-order valence-corrected chi connectivity index (χ2v) is 9.44. The number of hydrogen-bond donors (Lipinski definition) is 1. The van der Waals surface area contributed by atoms with Crippen molar-refractivity contribution in [2.45, 2.75) is 57.0 Å². The van der Waals surface area contributed by atoms with Crippen molar-refractivity contribution in [3.05, 3.63) is 46.6 Å². The molecule has 0 saturated carbocycles. The molecule has 1 atom stereocenters. The Kier molecular flexibility index (Phi) is 9.95. The third kappa shape index (κ3) is 6.52. The summed E-state index contributed by atoms with van der Waals surface area (Å²) in [6.45, 7) is 7.25. The zero-order chi connectivity index (χ0) is 21.5. The summed E-state index contributed by atoms with van der Waals surface area (Å²) in [5.74, 6) is 3.79. The molecule has 2 aliphatic rings. The number of thioether (sulfide) groups is 1. The largest absolute Gasteiger partial charge is 0.357 e. The molecular formula is C23H35IN6OS. The summed E-state index contributed by atoms with van der Waals surface area (Å²) in [4.78, 5) is 21.0.